The van der Waals surface area contributed by atoms with Crippen molar-refractivity contribution in [1.29, 1.82) is 0 Å². The molecule has 0 fully saturated rings. The summed E-state index contributed by atoms with van der Waals surface area (Å²) >= 11 is 11.5. The third-order valence-electron chi connectivity index (χ3n) is 2.83. The van der Waals surface area contributed by atoms with Crippen molar-refractivity contribution in [3.63, 3.8) is 0 Å². The van der Waals surface area contributed by atoms with Crippen LogP contribution in [0.15, 0.2) is 6.07 Å². The first kappa shape index (κ1) is 16.2. The molecular formula is C13H19Cl2N3O. The van der Waals surface area contributed by atoms with Crippen molar-refractivity contribution in [2.75, 3.05) is 0 Å². The average Bonchev–Trinajstić information content (AvgIpc) is 2.37. The molecule has 0 bridgehead atoms. The molecule has 0 saturated carbocycles. The van der Waals surface area contributed by atoms with Gasteiger partial charge in [-0.2, -0.15) is 0 Å². The Balaban J connectivity index is 2.47. The summed E-state index contributed by atoms with van der Waals surface area (Å²) in [6.45, 7) is 4.15. The number of aromatic nitrogens is 2. The van der Waals surface area contributed by atoms with Crippen molar-refractivity contribution in [3.05, 3.63) is 21.9 Å². The molecule has 6 heteroatoms. The highest BCUT2D eigenvalue weighted by atomic mass is 35.5. The molecule has 0 aromatic carbocycles. The van der Waals surface area contributed by atoms with Crippen LogP contribution in [0.2, 0.25) is 10.3 Å². The fourth-order valence-corrected chi connectivity index (χ4v) is 2.09. The second-order valence-electron chi connectivity index (χ2n) is 4.60. The first-order valence-electron chi connectivity index (χ1n) is 6.54. The van der Waals surface area contributed by atoms with E-state index in [0.29, 0.717) is 0 Å². The highest BCUT2D eigenvalue weighted by Gasteiger charge is 2.15. The summed E-state index contributed by atoms with van der Waals surface area (Å²) in [5.41, 5.74) is 0.266. The number of carbonyl (C=O) groups is 1. The predicted octanol–water partition coefficient (Wildman–Crippen LogP) is 3.87. The van der Waals surface area contributed by atoms with E-state index in [4.69, 9.17) is 23.2 Å². The highest BCUT2D eigenvalue weighted by Crippen LogP contribution is 2.15. The molecule has 4 nitrogen and oxygen atoms in total. The van der Waals surface area contributed by atoms with E-state index in [1.165, 1.54) is 25.3 Å². The maximum absolute atomic E-state index is 12.0. The monoisotopic (exact) mass is 303 g/mol. The topological polar surface area (TPSA) is 54.9 Å². The number of hydrogen-bond acceptors (Lipinski definition) is 3. The standard InChI is InChI=1S/C13H19Cl2N3O/c1-3-4-5-6-7-9(2)16-13(19)10-8-11(14)17-18-12(10)15/h8-9H,3-7H2,1-2H3,(H,16,19). The predicted molar refractivity (Wildman–Crippen MR) is 77.7 cm³/mol. The van der Waals surface area contributed by atoms with E-state index in [2.05, 4.69) is 22.4 Å². The lowest BCUT2D eigenvalue weighted by molar-refractivity contribution is 0.0937. The van der Waals surface area contributed by atoms with Crippen molar-refractivity contribution in [3.8, 4) is 0 Å². The smallest absolute Gasteiger partial charge is 0.254 e. The molecule has 0 saturated heterocycles. The van der Waals surface area contributed by atoms with Crippen molar-refractivity contribution >= 4 is 29.1 Å². The van der Waals surface area contributed by atoms with Crippen molar-refractivity contribution in [1.82, 2.24) is 15.5 Å². The number of amides is 1. The average molecular weight is 304 g/mol. The van der Waals surface area contributed by atoms with Gasteiger partial charge in [-0.1, -0.05) is 55.8 Å². The quantitative estimate of drug-likeness (QED) is 0.778. The molecule has 0 aliphatic rings. The maximum atomic E-state index is 12.0. The summed E-state index contributed by atoms with van der Waals surface area (Å²) in [6, 6.07) is 1.53. The second-order valence-corrected chi connectivity index (χ2v) is 5.34. The SMILES string of the molecule is CCCCCCC(C)NC(=O)c1cc(Cl)nnc1Cl. The first-order valence-corrected chi connectivity index (χ1v) is 7.29. The number of nitrogens with zero attached hydrogens (tertiary/aromatic N) is 2. The van der Waals surface area contributed by atoms with Gasteiger partial charge in [-0.15, -0.1) is 10.2 Å². The van der Waals surface area contributed by atoms with E-state index >= 15 is 0 Å². The van der Waals surface area contributed by atoms with Gasteiger partial charge in [-0.3, -0.25) is 4.79 Å². The van der Waals surface area contributed by atoms with Gasteiger partial charge in [-0.25, -0.2) is 0 Å². The van der Waals surface area contributed by atoms with Gasteiger partial charge < -0.3 is 5.32 Å². The van der Waals surface area contributed by atoms with Crippen LogP contribution in [0.1, 0.15) is 56.3 Å². The zero-order valence-corrected chi connectivity index (χ0v) is 12.8. The summed E-state index contributed by atoms with van der Waals surface area (Å²) in [7, 11) is 0. The highest BCUT2D eigenvalue weighted by molar-refractivity contribution is 6.34. The number of hydrogen-bond donors (Lipinski definition) is 1. The van der Waals surface area contributed by atoms with Gasteiger partial charge in [0.1, 0.15) is 0 Å². The van der Waals surface area contributed by atoms with Crippen molar-refractivity contribution in [2.24, 2.45) is 0 Å². The molecule has 1 N–H and O–H groups in total. The molecule has 0 spiro atoms. The lowest BCUT2D eigenvalue weighted by Gasteiger charge is -2.14. The zero-order valence-electron chi connectivity index (χ0n) is 11.2. The fourth-order valence-electron chi connectivity index (χ4n) is 1.76. The number of rotatable bonds is 7. The molecule has 1 rings (SSSR count). The van der Waals surface area contributed by atoms with Crippen LogP contribution >= 0.6 is 23.2 Å². The van der Waals surface area contributed by atoms with Gasteiger partial charge in [0.05, 0.1) is 5.56 Å². The van der Waals surface area contributed by atoms with E-state index in [9.17, 15) is 4.79 Å². The van der Waals surface area contributed by atoms with E-state index in [-0.39, 0.29) is 27.8 Å². The van der Waals surface area contributed by atoms with Crippen LogP contribution in [0.3, 0.4) is 0 Å². The first-order chi connectivity index (χ1) is 9.04. The van der Waals surface area contributed by atoms with Crippen LogP contribution in [-0.2, 0) is 0 Å². The molecule has 1 aromatic rings. The Bertz CT molecular complexity index is 426. The summed E-state index contributed by atoms with van der Waals surface area (Å²) in [5.74, 6) is -0.259. The molecule has 19 heavy (non-hydrogen) atoms. The minimum atomic E-state index is -0.259. The number of halogens is 2. The molecule has 1 unspecified atom stereocenters. The molecule has 1 heterocycles. The molecule has 0 aliphatic carbocycles. The Morgan fingerprint density at radius 1 is 1.32 bits per heavy atom. The number of nitrogens with one attached hydrogen (secondary N) is 1. The Morgan fingerprint density at radius 3 is 2.74 bits per heavy atom. The third kappa shape index (κ3) is 5.74. The van der Waals surface area contributed by atoms with Crippen LogP contribution in [0, 0.1) is 0 Å². The van der Waals surface area contributed by atoms with Gasteiger partial charge in [-0.05, 0) is 19.4 Å². The van der Waals surface area contributed by atoms with Crippen LogP contribution < -0.4 is 5.32 Å². The molecule has 106 valence electrons. The summed E-state index contributed by atoms with van der Waals surface area (Å²) in [4.78, 5) is 12.0. The normalized spacial score (nSPS) is 12.2. The maximum Gasteiger partial charge on any atom is 0.254 e. The van der Waals surface area contributed by atoms with Gasteiger partial charge in [0.2, 0.25) is 0 Å². The van der Waals surface area contributed by atoms with Crippen molar-refractivity contribution in [2.45, 2.75) is 52.0 Å². The van der Waals surface area contributed by atoms with Crippen molar-refractivity contribution < 1.29 is 4.79 Å². The summed E-state index contributed by atoms with van der Waals surface area (Å²) in [5, 5.41) is 10.3. The molecule has 1 atom stereocenters. The van der Waals surface area contributed by atoms with Gasteiger partial charge in [0.15, 0.2) is 10.3 Å². The molecule has 0 radical (unpaired) electrons. The van der Waals surface area contributed by atoms with Gasteiger partial charge >= 0.3 is 0 Å². The molecule has 1 aromatic heterocycles. The lowest BCUT2D eigenvalue weighted by atomic mass is 10.1. The van der Waals surface area contributed by atoms with Gasteiger partial charge in [0.25, 0.3) is 5.91 Å². The number of carbonyl (C=O) groups excluding carboxylic acids is 1. The van der Waals surface area contributed by atoms with Gasteiger partial charge in [0, 0.05) is 6.04 Å². The van der Waals surface area contributed by atoms with E-state index in [1.54, 1.807) is 0 Å². The second kappa shape index (κ2) is 8.33. The Morgan fingerprint density at radius 2 is 2.05 bits per heavy atom. The molecular weight excluding hydrogens is 285 g/mol. The largest absolute Gasteiger partial charge is 0.349 e. The van der Waals surface area contributed by atoms with Crippen LogP contribution in [0.25, 0.3) is 0 Å². The zero-order chi connectivity index (χ0) is 14.3. The third-order valence-corrected chi connectivity index (χ3v) is 3.30. The Hall–Kier alpha value is -0.870. The Labute approximate surface area is 123 Å². The molecule has 0 aliphatic heterocycles. The van der Waals surface area contributed by atoms with Crippen LogP contribution in [0.4, 0.5) is 0 Å². The van der Waals surface area contributed by atoms with Crippen LogP contribution in [0.5, 0.6) is 0 Å². The van der Waals surface area contributed by atoms with E-state index in [1.807, 2.05) is 6.92 Å². The summed E-state index contributed by atoms with van der Waals surface area (Å²) < 4.78 is 0. The van der Waals surface area contributed by atoms with E-state index in [0.717, 1.165) is 12.8 Å². The van der Waals surface area contributed by atoms with E-state index < -0.39 is 0 Å². The minimum Gasteiger partial charge on any atom is -0.349 e. The molecule has 1 amide bonds. The lowest BCUT2D eigenvalue weighted by Crippen LogP contribution is -2.32. The number of unbranched alkanes of at least 4 members (excludes halogenated alkanes) is 3. The Kier molecular flexibility index (Phi) is 7.10. The minimum absolute atomic E-state index is 0.0695. The summed E-state index contributed by atoms with van der Waals surface area (Å²) in [6.07, 6.45) is 5.70. The fraction of sp³-hybridized carbons (Fsp3) is 0.615. The van der Waals surface area contributed by atoms with Crippen LogP contribution in [-0.4, -0.2) is 22.1 Å².